The van der Waals surface area contributed by atoms with Gasteiger partial charge in [0.15, 0.2) is 0 Å². The standard InChI is InChI=1S/C19H30N6O2/c1-5-9-25-16(11-14(2)20-25)13-22(3)18(26)12-15-6-7-17-21-23(4)19(27)24(17)10-8-15/h11,15H,5-10,12-13H2,1-4H3/t15-/m0/s1. The minimum absolute atomic E-state index is 0.0614. The third-order valence-electron chi connectivity index (χ3n) is 5.33. The lowest BCUT2D eigenvalue weighted by atomic mass is 9.96. The van der Waals surface area contributed by atoms with Crippen molar-refractivity contribution in [3.05, 3.63) is 33.8 Å². The maximum absolute atomic E-state index is 12.7. The Hall–Kier alpha value is -2.38. The van der Waals surface area contributed by atoms with Crippen molar-refractivity contribution >= 4 is 5.91 Å². The number of hydrogen-bond acceptors (Lipinski definition) is 4. The van der Waals surface area contributed by atoms with Crippen LogP contribution >= 0.6 is 0 Å². The van der Waals surface area contributed by atoms with Crippen LogP contribution in [0.25, 0.3) is 0 Å². The summed E-state index contributed by atoms with van der Waals surface area (Å²) < 4.78 is 5.15. The van der Waals surface area contributed by atoms with Gasteiger partial charge in [-0.3, -0.25) is 14.0 Å². The lowest BCUT2D eigenvalue weighted by Crippen LogP contribution is -2.29. The number of hydrogen-bond donors (Lipinski definition) is 0. The number of amides is 1. The maximum Gasteiger partial charge on any atom is 0.345 e. The molecular weight excluding hydrogens is 344 g/mol. The molecule has 2 aromatic rings. The zero-order valence-corrected chi connectivity index (χ0v) is 16.8. The van der Waals surface area contributed by atoms with E-state index in [0.29, 0.717) is 19.5 Å². The first-order valence-corrected chi connectivity index (χ1v) is 9.79. The minimum Gasteiger partial charge on any atom is -0.340 e. The van der Waals surface area contributed by atoms with Crippen molar-refractivity contribution in [1.29, 1.82) is 0 Å². The first-order chi connectivity index (χ1) is 12.9. The molecule has 0 fully saturated rings. The van der Waals surface area contributed by atoms with E-state index < -0.39 is 0 Å². The van der Waals surface area contributed by atoms with E-state index in [2.05, 4.69) is 23.2 Å². The summed E-state index contributed by atoms with van der Waals surface area (Å²) in [5, 5.41) is 8.82. The van der Waals surface area contributed by atoms with Crippen LogP contribution in [0.5, 0.6) is 0 Å². The zero-order valence-electron chi connectivity index (χ0n) is 16.8. The lowest BCUT2D eigenvalue weighted by molar-refractivity contribution is -0.131. The van der Waals surface area contributed by atoms with Crippen LogP contribution in [0.15, 0.2) is 10.9 Å². The number of rotatable bonds is 6. The summed E-state index contributed by atoms with van der Waals surface area (Å²) in [7, 11) is 3.54. The van der Waals surface area contributed by atoms with E-state index in [1.165, 1.54) is 4.68 Å². The third-order valence-corrected chi connectivity index (χ3v) is 5.33. The average Bonchev–Trinajstić information content (AvgIpc) is 3.01. The van der Waals surface area contributed by atoms with E-state index in [4.69, 9.17) is 0 Å². The second-order valence-electron chi connectivity index (χ2n) is 7.62. The van der Waals surface area contributed by atoms with Gasteiger partial charge in [-0.2, -0.15) is 10.2 Å². The maximum atomic E-state index is 12.7. The summed E-state index contributed by atoms with van der Waals surface area (Å²) in [6.07, 6.45) is 4.01. The zero-order chi connectivity index (χ0) is 19.6. The van der Waals surface area contributed by atoms with Crippen molar-refractivity contribution in [2.24, 2.45) is 13.0 Å². The van der Waals surface area contributed by atoms with Gasteiger partial charge in [0.1, 0.15) is 5.82 Å². The molecule has 2 aromatic heterocycles. The van der Waals surface area contributed by atoms with Crippen LogP contribution in [0.3, 0.4) is 0 Å². The fourth-order valence-corrected chi connectivity index (χ4v) is 3.82. The minimum atomic E-state index is -0.0614. The van der Waals surface area contributed by atoms with Gasteiger partial charge in [-0.25, -0.2) is 9.48 Å². The first kappa shape index (κ1) is 19.4. The molecule has 0 aliphatic carbocycles. The van der Waals surface area contributed by atoms with Gasteiger partial charge in [-0.15, -0.1) is 0 Å². The lowest BCUT2D eigenvalue weighted by Gasteiger charge is -2.21. The van der Waals surface area contributed by atoms with E-state index >= 15 is 0 Å². The number of carbonyl (C=O) groups excluding carboxylic acids is 1. The molecule has 8 nitrogen and oxygen atoms in total. The molecular formula is C19H30N6O2. The van der Waals surface area contributed by atoms with Gasteiger partial charge in [-0.05, 0) is 38.2 Å². The second kappa shape index (κ2) is 8.10. The Labute approximate surface area is 159 Å². The van der Waals surface area contributed by atoms with Crippen molar-refractivity contribution in [3.8, 4) is 0 Å². The van der Waals surface area contributed by atoms with Crippen LogP contribution in [-0.2, 0) is 37.9 Å². The number of nitrogens with zero attached hydrogens (tertiary/aromatic N) is 6. The topological polar surface area (TPSA) is 78.0 Å². The molecule has 3 rings (SSSR count). The quantitative estimate of drug-likeness (QED) is 0.768. The van der Waals surface area contributed by atoms with E-state index in [0.717, 1.165) is 49.4 Å². The largest absolute Gasteiger partial charge is 0.345 e. The summed E-state index contributed by atoms with van der Waals surface area (Å²) in [6, 6.07) is 2.06. The SMILES string of the molecule is CCCn1nc(C)cc1CN(C)C(=O)C[C@H]1CCc2nn(C)c(=O)n2CC1. The van der Waals surface area contributed by atoms with Gasteiger partial charge < -0.3 is 4.90 Å². The molecule has 8 heteroatoms. The van der Waals surface area contributed by atoms with E-state index in [-0.39, 0.29) is 17.5 Å². The van der Waals surface area contributed by atoms with E-state index in [1.807, 2.05) is 18.7 Å². The van der Waals surface area contributed by atoms with Crippen molar-refractivity contribution in [3.63, 3.8) is 0 Å². The van der Waals surface area contributed by atoms with Crippen LogP contribution in [0.1, 0.15) is 49.8 Å². The fraction of sp³-hybridized carbons (Fsp3) is 0.684. The molecule has 148 valence electrons. The Balaban J connectivity index is 1.58. The number of aryl methyl sites for hydroxylation is 4. The molecule has 1 aliphatic heterocycles. The Morgan fingerprint density at radius 2 is 2.11 bits per heavy atom. The highest BCUT2D eigenvalue weighted by Gasteiger charge is 2.23. The molecule has 0 saturated carbocycles. The van der Waals surface area contributed by atoms with E-state index in [1.54, 1.807) is 16.5 Å². The Morgan fingerprint density at radius 1 is 1.33 bits per heavy atom. The van der Waals surface area contributed by atoms with Crippen LogP contribution in [0.2, 0.25) is 0 Å². The Bertz CT molecular complexity index is 862. The molecule has 0 saturated heterocycles. The first-order valence-electron chi connectivity index (χ1n) is 9.79. The van der Waals surface area contributed by atoms with Gasteiger partial charge in [0, 0.05) is 40.0 Å². The number of aromatic nitrogens is 5. The highest BCUT2D eigenvalue weighted by Crippen LogP contribution is 2.22. The summed E-state index contributed by atoms with van der Waals surface area (Å²) in [4.78, 5) is 26.6. The number of fused-ring (bicyclic) bond motifs is 1. The van der Waals surface area contributed by atoms with Crippen LogP contribution in [-0.4, -0.2) is 42.0 Å². The smallest absolute Gasteiger partial charge is 0.340 e. The average molecular weight is 374 g/mol. The summed E-state index contributed by atoms with van der Waals surface area (Å²) in [5.74, 6) is 1.27. The van der Waals surface area contributed by atoms with Crippen molar-refractivity contribution in [1.82, 2.24) is 29.0 Å². The van der Waals surface area contributed by atoms with Gasteiger partial charge >= 0.3 is 5.69 Å². The third kappa shape index (κ3) is 4.31. The van der Waals surface area contributed by atoms with Crippen LogP contribution in [0.4, 0.5) is 0 Å². The molecule has 0 N–H and O–H groups in total. The molecule has 1 aliphatic rings. The monoisotopic (exact) mass is 374 g/mol. The molecule has 0 spiro atoms. The molecule has 0 bridgehead atoms. The molecule has 3 heterocycles. The second-order valence-corrected chi connectivity index (χ2v) is 7.62. The van der Waals surface area contributed by atoms with Crippen molar-refractivity contribution < 1.29 is 4.79 Å². The predicted molar refractivity (Wildman–Crippen MR) is 102 cm³/mol. The van der Waals surface area contributed by atoms with Gasteiger partial charge in [0.25, 0.3) is 0 Å². The molecule has 0 unspecified atom stereocenters. The molecule has 1 atom stereocenters. The van der Waals surface area contributed by atoms with Crippen LogP contribution < -0.4 is 5.69 Å². The fourth-order valence-electron chi connectivity index (χ4n) is 3.82. The van der Waals surface area contributed by atoms with Crippen molar-refractivity contribution in [2.75, 3.05) is 7.05 Å². The number of carbonyl (C=O) groups is 1. The Kier molecular flexibility index (Phi) is 5.82. The summed E-state index contributed by atoms with van der Waals surface area (Å²) in [5.41, 5.74) is 2.00. The molecule has 27 heavy (non-hydrogen) atoms. The highest BCUT2D eigenvalue weighted by atomic mass is 16.2. The van der Waals surface area contributed by atoms with Gasteiger partial charge in [0.05, 0.1) is 17.9 Å². The highest BCUT2D eigenvalue weighted by molar-refractivity contribution is 5.76. The molecule has 0 aromatic carbocycles. The summed E-state index contributed by atoms with van der Waals surface area (Å²) >= 11 is 0. The predicted octanol–water partition coefficient (Wildman–Crippen LogP) is 1.50. The molecule has 1 amide bonds. The Morgan fingerprint density at radius 3 is 2.85 bits per heavy atom. The van der Waals surface area contributed by atoms with Gasteiger partial charge in [-0.1, -0.05) is 6.92 Å². The van der Waals surface area contributed by atoms with Crippen LogP contribution in [0, 0.1) is 12.8 Å². The molecule has 0 radical (unpaired) electrons. The van der Waals surface area contributed by atoms with E-state index in [9.17, 15) is 9.59 Å². The summed E-state index contributed by atoms with van der Waals surface area (Å²) in [6.45, 7) is 6.20. The normalized spacial score (nSPS) is 16.8. The van der Waals surface area contributed by atoms with Gasteiger partial charge in [0.2, 0.25) is 5.91 Å². The van der Waals surface area contributed by atoms with Crippen molar-refractivity contribution in [2.45, 2.75) is 65.6 Å².